The molecule has 0 unspecified atom stereocenters. The molecule has 2 rings (SSSR count). The highest BCUT2D eigenvalue weighted by atomic mass is 35.5. The van der Waals surface area contributed by atoms with Gasteiger partial charge in [-0.3, -0.25) is 0 Å². The van der Waals surface area contributed by atoms with Crippen LogP contribution in [0, 0.1) is 0 Å². The number of benzene rings is 2. The van der Waals surface area contributed by atoms with Crippen LogP contribution in [0.4, 0.5) is 0 Å². The van der Waals surface area contributed by atoms with E-state index in [0.717, 1.165) is 0 Å². The van der Waals surface area contributed by atoms with Crippen LogP contribution in [0.1, 0.15) is 15.9 Å². The Morgan fingerprint density at radius 2 is 1.63 bits per heavy atom. The van der Waals surface area contributed by atoms with Gasteiger partial charge in [0, 0.05) is 5.56 Å². The molecule has 0 radical (unpaired) electrons. The van der Waals surface area contributed by atoms with Crippen LogP contribution in [0.2, 0.25) is 15.1 Å². The lowest BCUT2D eigenvalue weighted by Crippen LogP contribution is -2.06. The van der Waals surface area contributed by atoms with Crippen LogP contribution in [-0.4, -0.2) is 5.97 Å². The van der Waals surface area contributed by atoms with Gasteiger partial charge in [0.2, 0.25) is 0 Å². The standard InChI is InChI=1S/C14H9Cl3O2/c15-11-6-2-1-5-10(11)14(18)19-8-9-4-3-7-12(16)13(9)17/h1-7H,8H2. The van der Waals surface area contributed by atoms with Crippen LogP contribution < -0.4 is 0 Å². The van der Waals surface area contributed by atoms with Gasteiger partial charge in [-0.1, -0.05) is 59.1 Å². The quantitative estimate of drug-likeness (QED) is 0.745. The van der Waals surface area contributed by atoms with Gasteiger partial charge in [-0.05, 0) is 18.2 Å². The van der Waals surface area contributed by atoms with Crippen molar-refractivity contribution < 1.29 is 9.53 Å². The highest BCUT2D eigenvalue weighted by Gasteiger charge is 2.12. The van der Waals surface area contributed by atoms with Crippen LogP contribution in [0.25, 0.3) is 0 Å². The molecule has 0 spiro atoms. The van der Waals surface area contributed by atoms with Crippen molar-refractivity contribution in [3.63, 3.8) is 0 Å². The summed E-state index contributed by atoms with van der Waals surface area (Å²) in [5.41, 5.74) is 0.969. The normalized spacial score (nSPS) is 10.3. The summed E-state index contributed by atoms with van der Waals surface area (Å²) < 4.78 is 5.16. The van der Waals surface area contributed by atoms with E-state index in [1.54, 1.807) is 42.5 Å². The highest BCUT2D eigenvalue weighted by Crippen LogP contribution is 2.26. The number of hydrogen-bond acceptors (Lipinski definition) is 2. The number of esters is 1. The summed E-state index contributed by atoms with van der Waals surface area (Å²) in [4.78, 5) is 11.9. The van der Waals surface area contributed by atoms with Crippen LogP contribution in [0.15, 0.2) is 42.5 Å². The number of ether oxygens (including phenoxy) is 1. The van der Waals surface area contributed by atoms with E-state index >= 15 is 0 Å². The Balaban J connectivity index is 2.09. The minimum Gasteiger partial charge on any atom is -0.457 e. The fraction of sp³-hybridized carbons (Fsp3) is 0.0714. The lowest BCUT2D eigenvalue weighted by atomic mass is 10.2. The maximum atomic E-state index is 11.9. The predicted molar refractivity (Wildman–Crippen MR) is 77.0 cm³/mol. The van der Waals surface area contributed by atoms with E-state index in [1.165, 1.54) is 0 Å². The molecule has 5 heteroatoms. The molecule has 0 aliphatic rings. The largest absolute Gasteiger partial charge is 0.457 e. The number of carbonyl (C=O) groups is 1. The molecule has 0 aliphatic carbocycles. The van der Waals surface area contributed by atoms with Crippen molar-refractivity contribution in [2.75, 3.05) is 0 Å². The van der Waals surface area contributed by atoms with Crippen molar-refractivity contribution in [2.45, 2.75) is 6.61 Å². The molecule has 2 aromatic carbocycles. The van der Waals surface area contributed by atoms with Gasteiger partial charge >= 0.3 is 5.97 Å². The molecule has 0 atom stereocenters. The first-order valence-electron chi connectivity index (χ1n) is 5.44. The fourth-order valence-electron chi connectivity index (χ4n) is 1.51. The monoisotopic (exact) mass is 314 g/mol. The summed E-state index contributed by atoms with van der Waals surface area (Å²) in [5.74, 6) is -0.498. The Morgan fingerprint density at radius 3 is 2.37 bits per heavy atom. The third-order valence-corrected chi connectivity index (χ3v) is 3.67. The number of carbonyl (C=O) groups excluding carboxylic acids is 1. The van der Waals surface area contributed by atoms with Crippen molar-refractivity contribution >= 4 is 40.8 Å². The van der Waals surface area contributed by atoms with Crippen LogP contribution in [0.5, 0.6) is 0 Å². The number of rotatable bonds is 3. The predicted octanol–water partition coefficient (Wildman–Crippen LogP) is 5.00. The van der Waals surface area contributed by atoms with E-state index in [1.807, 2.05) is 0 Å². The molecule has 0 saturated heterocycles. The molecule has 0 bridgehead atoms. The molecular weight excluding hydrogens is 307 g/mol. The van der Waals surface area contributed by atoms with E-state index in [-0.39, 0.29) is 6.61 Å². The summed E-state index contributed by atoms with van der Waals surface area (Å²) in [6, 6.07) is 11.8. The average Bonchev–Trinajstić information content (AvgIpc) is 2.40. The summed E-state index contributed by atoms with van der Waals surface area (Å²) in [5, 5.41) is 1.16. The smallest absolute Gasteiger partial charge is 0.339 e. The van der Waals surface area contributed by atoms with Crippen LogP contribution >= 0.6 is 34.8 Å². The second kappa shape index (κ2) is 6.29. The van der Waals surface area contributed by atoms with E-state index in [0.29, 0.717) is 26.2 Å². The Hall–Kier alpha value is -1.22. The second-order valence-electron chi connectivity index (χ2n) is 3.77. The first-order valence-corrected chi connectivity index (χ1v) is 6.57. The molecule has 0 fully saturated rings. The highest BCUT2D eigenvalue weighted by molar-refractivity contribution is 6.42. The molecule has 2 aromatic rings. The van der Waals surface area contributed by atoms with Crippen molar-refractivity contribution in [3.8, 4) is 0 Å². The zero-order chi connectivity index (χ0) is 13.8. The van der Waals surface area contributed by atoms with Gasteiger partial charge in [-0.25, -0.2) is 4.79 Å². The van der Waals surface area contributed by atoms with E-state index in [9.17, 15) is 4.79 Å². The van der Waals surface area contributed by atoms with Gasteiger partial charge < -0.3 is 4.74 Å². The molecular formula is C14H9Cl3O2. The second-order valence-corrected chi connectivity index (χ2v) is 4.96. The van der Waals surface area contributed by atoms with Crippen molar-refractivity contribution in [1.29, 1.82) is 0 Å². The maximum Gasteiger partial charge on any atom is 0.339 e. The van der Waals surface area contributed by atoms with Gasteiger partial charge in [0.05, 0.1) is 20.6 Å². The van der Waals surface area contributed by atoms with E-state index in [4.69, 9.17) is 39.5 Å². The SMILES string of the molecule is O=C(OCc1cccc(Cl)c1Cl)c1ccccc1Cl. The molecule has 0 saturated carbocycles. The molecule has 0 aromatic heterocycles. The van der Waals surface area contributed by atoms with Gasteiger partial charge in [0.1, 0.15) is 6.61 Å². The average molecular weight is 316 g/mol. The first-order chi connectivity index (χ1) is 9.09. The fourth-order valence-corrected chi connectivity index (χ4v) is 2.10. The van der Waals surface area contributed by atoms with Crippen LogP contribution in [-0.2, 0) is 11.3 Å². The molecule has 0 heterocycles. The van der Waals surface area contributed by atoms with Crippen molar-refractivity contribution in [2.24, 2.45) is 0 Å². The molecule has 98 valence electrons. The topological polar surface area (TPSA) is 26.3 Å². The molecule has 0 amide bonds. The Morgan fingerprint density at radius 1 is 0.947 bits per heavy atom. The minimum atomic E-state index is -0.498. The lowest BCUT2D eigenvalue weighted by Gasteiger charge is -2.08. The van der Waals surface area contributed by atoms with Crippen LogP contribution in [0.3, 0.4) is 0 Å². The Bertz CT molecular complexity index is 611. The van der Waals surface area contributed by atoms with Gasteiger partial charge in [-0.2, -0.15) is 0 Å². The third-order valence-electron chi connectivity index (χ3n) is 2.48. The third kappa shape index (κ3) is 3.41. The van der Waals surface area contributed by atoms with Gasteiger partial charge in [0.25, 0.3) is 0 Å². The van der Waals surface area contributed by atoms with E-state index < -0.39 is 5.97 Å². The number of halogens is 3. The first kappa shape index (κ1) is 14.2. The number of hydrogen-bond donors (Lipinski definition) is 0. The van der Waals surface area contributed by atoms with Gasteiger partial charge in [-0.15, -0.1) is 0 Å². The lowest BCUT2D eigenvalue weighted by molar-refractivity contribution is 0.0473. The molecule has 19 heavy (non-hydrogen) atoms. The Kier molecular flexibility index (Phi) is 4.70. The van der Waals surface area contributed by atoms with Crippen molar-refractivity contribution in [1.82, 2.24) is 0 Å². The molecule has 0 N–H and O–H groups in total. The van der Waals surface area contributed by atoms with E-state index in [2.05, 4.69) is 0 Å². The Labute approximate surface area is 125 Å². The van der Waals surface area contributed by atoms with Crippen molar-refractivity contribution in [3.05, 3.63) is 68.7 Å². The van der Waals surface area contributed by atoms with Gasteiger partial charge in [0.15, 0.2) is 0 Å². The molecule has 2 nitrogen and oxygen atoms in total. The summed E-state index contributed by atoms with van der Waals surface area (Å²) in [6.45, 7) is 0.0451. The zero-order valence-electron chi connectivity index (χ0n) is 9.70. The molecule has 0 aliphatic heterocycles. The zero-order valence-corrected chi connectivity index (χ0v) is 12.0. The minimum absolute atomic E-state index is 0.0451. The summed E-state index contributed by atoms with van der Waals surface area (Å²) in [7, 11) is 0. The summed E-state index contributed by atoms with van der Waals surface area (Å²) in [6.07, 6.45) is 0. The maximum absolute atomic E-state index is 11.9. The summed E-state index contributed by atoms with van der Waals surface area (Å²) >= 11 is 17.8.